The van der Waals surface area contributed by atoms with Gasteiger partial charge in [0.25, 0.3) is 5.91 Å². The molecule has 0 atom stereocenters. The Labute approximate surface area is 231 Å². The van der Waals surface area contributed by atoms with Gasteiger partial charge in [0, 0.05) is 40.6 Å². The summed E-state index contributed by atoms with van der Waals surface area (Å²) in [6.45, 7) is -2.63. The molecule has 0 aliphatic rings. The van der Waals surface area contributed by atoms with Crippen molar-refractivity contribution in [1.82, 2.24) is 15.6 Å². The number of fused-ring (bicyclic) bond motifs is 1. The second-order valence-corrected chi connectivity index (χ2v) is 9.39. The maximum absolute atomic E-state index is 13.5. The first-order valence-electron chi connectivity index (χ1n) is 12.4. The first kappa shape index (κ1) is 29.6. The average molecular weight is 575 g/mol. The maximum atomic E-state index is 13.5. The number of alkyl halides is 5. The van der Waals surface area contributed by atoms with Gasteiger partial charge in [0.05, 0.1) is 11.8 Å². The molecule has 0 aliphatic carbocycles. The number of carbonyl (C=O) groups excluding carboxylic acids is 1. The van der Waals surface area contributed by atoms with Gasteiger partial charge in [-0.15, -0.1) is 0 Å². The zero-order valence-electron chi connectivity index (χ0n) is 21.7. The van der Waals surface area contributed by atoms with Gasteiger partial charge in [-0.2, -0.15) is 18.4 Å². The van der Waals surface area contributed by atoms with Crippen molar-refractivity contribution in [3.8, 4) is 28.5 Å². The summed E-state index contributed by atoms with van der Waals surface area (Å²) in [4.78, 5) is 17.2. The molecule has 12 heteroatoms. The summed E-state index contributed by atoms with van der Waals surface area (Å²) in [7, 11) is 1.69. The predicted molar refractivity (Wildman–Crippen MR) is 140 cm³/mol. The van der Waals surface area contributed by atoms with Crippen molar-refractivity contribution in [1.29, 1.82) is 5.26 Å². The van der Waals surface area contributed by atoms with Crippen molar-refractivity contribution in [2.45, 2.75) is 31.1 Å². The van der Waals surface area contributed by atoms with Gasteiger partial charge in [0.1, 0.15) is 24.9 Å². The fourth-order valence-electron chi connectivity index (χ4n) is 4.30. The number of aromatic nitrogens is 1. The number of benzene rings is 2. The molecule has 0 bridgehead atoms. The fraction of sp³-hybridized carbons (Fsp3) is 0.276. The van der Waals surface area contributed by atoms with Gasteiger partial charge in [0.15, 0.2) is 5.54 Å². The third kappa shape index (κ3) is 6.52. The predicted octanol–water partition coefficient (Wildman–Crippen LogP) is 6.45. The Bertz CT molecular complexity index is 1590. The summed E-state index contributed by atoms with van der Waals surface area (Å²) >= 11 is 0. The number of nitrogens with zero attached hydrogens (tertiary/aromatic N) is 2. The Hall–Kier alpha value is -4.37. The highest BCUT2D eigenvalue weighted by molar-refractivity contribution is 5.97. The Morgan fingerprint density at radius 3 is 2.37 bits per heavy atom. The number of halogens is 6. The van der Waals surface area contributed by atoms with E-state index in [2.05, 4.69) is 15.6 Å². The van der Waals surface area contributed by atoms with E-state index in [-0.39, 0.29) is 29.1 Å². The molecule has 2 aromatic heterocycles. The Kier molecular flexibility index (Phi) is 8.68. The number of hydrogen-bond donors (Lipinski definition) is 2. The summed E-state index contributed by atoms with van der Waals surface area (Å²) in [6, 6.07) is 14.2. The third-order valence-electron chi connectivity index (χ3n) is 6.43. The van der Waals surface area contributed by atoms with Crippen LogP contribution in [0.15, 0.2) is 59.0 Å². The van der Waals surface area contributed by atoms with Crippen molar-refractivity contribution < 1.29 is 35.6 Å². The minimum atomic E-state index is -4.48. The summed E-state index contributed by atoms with van der Waals surface area (Å²) in [6.07, 6.45) is -6.15. The number of rotatable bonds is 10. The molecule has 0 saturated carbocycles. The van der Waals surface area contributed by atoms with Crippen LogP contribution in [-0.2, 0) is 13.0 Å². The molecule has 2 heterocycles. The van der Waals surface area contributed by atoms with Crippen molar-refractivity contribution in [3.63, 3.8) is 0 Å². The van der Waals surface area contributed by atoms with Crippen molar-refractivity contribution in [3.05, 3.63) is 77.2 Å². The van der Waals surface area contributed by atoms with Crippen LogP contribution in [0.4, 0.5) is 26.3 Å². The molecule has 4 aromatic rings. The molecule has 2 aromatic carbocycles. The zero-order valence-corrected chi connectivity index (χ0v) is 21.7. The quantitative estimate of drug-likeness (QED) is 0.213. The van der Waals surface area contributed by atoms with Crippen LogP contribution < -0.4 is 10.6 Å². The van der Waals surface area contributed by atoms with E-state index in [0.29, 0.717) is 27.8 Å². The van der Waals surface area contributed by atoms with Crippen LogP contribution in [0.1, 0.15) is 28.0 Å². The minimum Gasteiger partial charge on any atom is -0.437 e. The van der Waals surface area contributed by atoms with Crippen LogP contribution >= 0.6 is 0 Å². The van der Waals surface area contributed by atoms with Crippen molar-refractivity contribution in [2.24, 2.45) is 0 Å². The van der Waals surface area contributed by atoms with E-state index >= 15 is 0 Å². The lowest BCUT2D eigenvalue weighted by Crippen LogP contribution is -2.51. The summed E-state index contributed by atoms with van der Waals surface area (Å²) in [5.74, 6) is -1.03. The lowest BCUT2D eigenvalue weighted by atomic mass is 9.96. The molecule has 214 valence electrons. The van der Waals surface area contributed by atoms with Crippen molar-refractivity contribution in [2.75, 3.05) is 20.4 Å². The van der Waals surface area contributed by atoms with Gasteiger partial charge in [-0.25, -0.2) is 18.2 Å². The van der Waals surface area contributed by atoms with Crippen LogP contribution in [0.3, 0.4) is 0 Å². The van der Waals surface area contributed by atoms with Gasteiger partial charge in [-0.3, -0.25) is 4.79 Å². The number of furan rings is 1. The van der Waals surface area contributed by atoms with E-state index in [1.165, 1.54) is 48.5 Å². The molecule has 4 rings (SSSR count). The Morgan fingerprint density at radius 2 is 1.76 bits per heavy atom. The van der Waals surface area contributed by atoms with Crippen LogP contribution in [0.25, 0.3) is 33.6 Å². The van der Waals surface area contributed by atoms with E-state index in [1.54, 1.807) is 19.2 Å². The van der Waals surface area contributed by atoms with Gasteiger partial charge >= 0.3 is 6.18 Å². The van der Waals surface area contributed by atoms with E-state index < -0.39 is 49.6 Å². The molecular weight excluding hydrogens is 550 g/mol. The SMILES string of the molecule is CNCc1c(-c2ccc(F)cc2)oc2nc(CCC(F)(F)F)c(-c3cccc(C(=O)NC(C#N)(CF)CF)c3)cc12. The summed E-state index contributed by atoms with van der Waals surface area (Å²) < 4.78 is 85.8. The highest BCUT2D eigenvalue weighted by Crippen LogP contribution is 2.37. The smallest absolute Gasteiger partial charge is 0.389 e. The van der Waals surface area contributed by atoms with Crippen LogP contribution in [0, 0.1) is 17.1 Å². The molecule has 0 aliphatic heterocycles. The second kappa shape index (κ2) is 12.0. The number of pyridine rings is 1. The monoisotopic (exact) mass is 574 g/mol. The Balaban J connectivity index is 1.86. The van der Waals surface area contributed by atoms with E-state index in [1.807, 2.05) is 0 Å². The number of amides is 1. The summed E-state index contributed by atoms with van der Waals surface area (Å²) in [5.41, 5.74) is -0.551. The highest BCUT2D eigenvalue weighted by atomic mass is 19.4. The molecule has 0 saturated heterocycles. The number of hydrogen-bond acceptors (Lipinski definition) is 5. The molecule has 1 amide bonds. The maximum Gasteiger partial charge on any atom is 0.389 e. The lowest BCUT2D eigenvalue weighted by Gasteiger charge is -2.21. The molecule has 0 radical (unpaired) electrons. The van der Waals surface area contributed by atoms with Gasteiger partial charge < -0.3 is 15.1 Å². The fourth-order valence-corrected chi connectivity index (χ4v) is 4.30. The Morgan fingerprint density at radius 1 is 1.05 bits per heavy atom. The largest absolute Gasteiger partial charge is 0.437 e. The van der Waals surface area contributed by atoms with Gasteiger partial charge in [-0.05, 0) is 61.5 Å². The molecule has 0 fully saturated rings. The molecule has 2 N–H and O–H groups in total. The second-order valence-electron chi connectivity index (χ2n) is 9.39. The van der Waals surface area contributed by atoms with E-state index in [9.17, 15) is 31.1 Å². The van der Waals surface area contributed by atoms with Crippen LogP contribution in [-0.4, -0.2) is 43.0 Å². The zero-order chi connectivity index (χ0) is 29.8. The molecule has 0 spiro atoms. The lowest BCUT2D eigenvalue weighted by molar-refractivity contribution is -0.134. The number of aryl methyl sites for hydroxylation is 1. The number of nitriles is 1. The number of carbonyl (C=O) groups is 1. The highest BCUT2D eigenvalue weighted by Gasteiger charge is 2.33. The average Bonchev–Trinajstić information content (AvgIpc) is 3.31. The first-order valence-corrected chi connectivity index (χ1v) is 12.4. The minimum absolute atomic E-state index is 0.0432. The standard InChI is InChI=1S/C29H24F6N4O2/c1-37-13-23-22-12-21(18-3-2-4-19(11-18)26(40)39-28(14-30,15-31)16-36)24(9-10-29(33,34)35)38-27(22)41-25(23)17-5-7-20(32)8-6-17/h2-8,11-12,37H,9-10,13-15H2,1H3,(H,39,40). The first-order chi connectivity index (χ1) is 19.5. The molecule has 41 heavy (non-hydrogen) atoms. The third-order valence-corrected chi connectivity index (χ3v) is 6.43. The number of nitrogens with one attached hydrogen (secondary N) is 2. The molecule has 6 nitrogen and oxygen atoms in total. The normalized spacial score (nSPS) is 12.0. The van der Waals surface area contributed by atoms with Crippen LogP contribution in [0.2, 0.25) is 0 Å². The van der Waals surface area contributed by atoms with E-state index in [0.717, 1.165) is 0 Å². The van der Waals surface area contributed by atoms with E-state index in [4.69, 9.17) is 9.68 Å². The molecule has 0 unspecified atom stereocenters. The molecular formula is C29H24F6N4O2. The van der Waals surface area contributed by atoms with Gasteiger partial charge in [-0.1, -0.05) is 12.1 Å². The van der Waals surface area contributed by atoms with Crippen molar-refractivity contribution >= 4 is 17.0 Å². The summed E-state index contributed by atoms with van der Waals surface area (Å²) in [5, 5.41) is 14.7. The van der Waals surface area contributed by atoms with Gasteiger partial charge in [0.2, 0.25) is 5.71 Å². The van der Waals surface area contributed by atoms with Crippen LogP contribution in [0.5, 0.6) is 0 Å². The topological polar surface area (TPSA) is 90.9 Å².